The minimum atomic E-state index is -0.342. The molecule has 0 radical (unpaired) electrons. The summed E-state index contributed by atoms with van der Waals surface area (Å²) in [5.41, 5.74) is 5.82. The smallest absolute Gasteiger partial charge is 0.239 e. The van der Waals surface area contributed by atoms with Gasteiger partial charge in [-0.05, 0) is 19.3 Å². The van der Waals surface area contributed by atoms with E-state index in [4.69, 9.17) is 5.73 Å². The van der Waals surface area contributed by atoms with E-state index in [1.807, 2.05) is 6.92 Å². The first-order valence-corrected chi connectivity index (χ1v) is 6.76. The molecule has 0 heterocycles. The van der Waals surface area contributed by atoms with E-state index in [2.05, 4.69) is 5.32 Å². The molecule has 1 aliphatic carbocycles. The van der Waals surface area contributed by atoms with E-state index < -0.39 is 0 Å². The highest BCUT2D eigenvalue weighted by atomic mass is 16.2. The number of carbonyl (C=O) groups excluding carboxylic acids is 2. The highest BCUT2D eigenvalue weighted by Gasteiger charge is 2.32. The highest BCUT2D eigenvalue weighted by molar-refractivity contribution is 5.85. The lowest BCUT2D eigenvalue weighted by atomic mass is 9.94. The van der Waals surface area contributed by atoms with E-state index in [1.54, 1.807) is 7.05 Å². The van der Waals surface area contributed by atoms with Crippen molar-refractivity contribution in [3.8, 4) is 0 Å². The number of rotatable bonds is 6. The first-order valence-electron chi connectivity index (χ1n) is 6.76. The Balaban J connectivity index is 2.34. The molecule has 0 aromatic carbocycles. The van der Waals surface area contributed by atoms with Crippen LogP contribution in [0.15, 0.2) is 0 Å². The largest absolute Gasteiger partial charge is 0.355 e. The van der Waals surface area contributed by atoms with Crippen molar-refractivity contribution in [2.24, 2.45) is 5.73 Å². The second-order valence-corrected chi connectivity index (χ2v) is 5.35. The Bertz CT molecular complexity index is 299. The molecule has 3 N–H and O–H groups in total. The molecule has 0 atom stereocenters. The molecule has 18 heavy (non-hydrogen) atoms. The van der Waals surface area contributed by atoms with E-state index in [0.29, 0.717) is 13.0 Å². The summed E-state index contributed by atoms with van der Waals surface area (Å²) in [5.74, 6) is -0.142. The van der Waals surface area contributed by atoms with Crippen LogP contribution >= 0.6 is 0 Å². The standard InChI is InChI=1S/C13H25N3O2/c1-3-8-15-11(17)10-16(2)12(18)9-13(14)6-4-5-7-13/h3-10,14H2,1-2H3,(H,15,17). The summed E-state index contributed by atoms with van der Waals surface area (Å²) < 4.78 is 0. The molecule has 1 saturated carbocycles. The zero-order valence-electron chi connectivity index (χ0n) is 11.5. The Labute approximate surface area is 109 Å². The molecule has 0 aliphatic heterocycles. The van der Waals surface area contributed by atoms with Crippen LogP contribution in [-0.4, -0.2) is 42.4 Å². The molecule has 5 heteroatoms. The summed E-state index contributed by atoms with van der Waals surface area (Å²) in [4.78, 5) is 24.9. The van der Waals surface area contributed by atoms with Gasteiger partial charge >= 0.3 is 0 Å². The van der Waals surface area contributed by atoms with Crippen molar-refractivity contribution in [3.05, 3.63) is 0 Å². The number of amides is 2. The molecular formula is C13H25N3O2. The molecule has 0 aromatic rings. The molecule has 1 fully saturated rings. The highest BCUT2D eigenvalue weighted by Crippen LogP contribution is 2.30. The maximum Gasteiger partial charge on any atom is 0.239 e. The fourth-order valence-electron chi connectivity index (χ4n) is 2.32. The topological polar surface area (TPSA) is 75.4 Å². The van der Waals surface area contributed by atoms with E-state index >= 15 is 0 Å². The molecule has 1 rings (SSSR count). The summed E-state index contributed by atoms with van der Waals surface area (Å²) in [6, 6.07) is 0. The van der Waals surface area contributed by atoms with Gasteiger partial charge in [0.15, 0.2) is 0 Å². The fourth-order valence-corrected chi connectivity index (χ4v) is 2.32. The average molecular weight is 255 g/mol. The molecule has 2 amide bonds. The number of nitrogens with two attached hydrogens (primary N) is 1. The molecule has 0 bridgehead atoms. The summed E-state index contributed by atoms with van der Waals surface area (Å²) >= 11 is 0. The Morgan fingerprint density at radius 1 is 1.33 bits per heavy atom. The first kappa shape index (κ1) is 15.0. The number of nitrogens with one attached hydrogen (secondary N) is 1. The third-order valence-electron chi connectivity index (χ3n) is 3.48. The van der Waals surface area contributed by atoms with Crippen molar-refractivity contribution in [2.75, 3.05) is 20.1 Å². The number of likely N-dealkylation sites (N-methyl/N-ethyl adjacent to an activating group) is 1. The van der Waals surface area contributed by atoms with E-state index in [-0.39, 0.29) is 23.9 Å². The average Bonchev–Trinajstić information content (AvgIpc) is 2.72. The lowest BCUT2D eigenvalue weighted by molar-refractivity contribution is -0.135. The molecule has 0 spiro atoms. The third-order valence-corrected chi connectivity index (χ3v) is 3.48. The minimum absolute atomic E-state index is 0.0361. The Morgan fingerprint density at radius 2 is 1.94 bits per heavy atom. The maximum absolute atomic E-state index is 12.0. The molecular weight excluding hydrogens is 230 g/mol. The molecule has 0 aromatic heterocycles. The van der Waals surface area contributed by atoms with Crippen LogP contribution in [0.1, 0.15) is 45.4 Å². The predicted molar refractivity (Wildman–Crippen MR) is 70.9 cm³/mol. The predicted octanol–water partition coefficient (Wildman–Crippen LogP) is 0.633. The van der Waals surface area contributed by atoms with Gasteiger partial charge < -0.3 is 16.0 Å². The molecule has 5 nitrogen and oxygen atoms in total. The van der Waals surface area contributed by atoms with E-state index in [1.165, 1.54) is 4.90 Å². The van der Waals surface area contributed by atoms with E-state index in [0.717, 1.165) is 32.1 Å². The minimum Gasteiger partial charge on any atom is -0.355 e. The van der Waals surface area contributed by atoms with Crippen LogP contribution in [0, 0.1) is 0 Å². The number of carbonyl (C=O) groups is 2. The van der Waals surface area contributed by atoms with Gasteiger partial charge in [-0.25, -0.2) is 0 Å². The van der Waals surface area contributed by atoms with Crippen LogP contribution in [-0.2, 0) is 9.59 Å². The summed E-state index contributed by atoms with van der Waals surface area (Å²) in [6.07, 6.45) is 5.28. The number of nitrogens with zero attached hydrogens (tertiary/aromatic N) is 1. The lowest BCUT2D eigenvalue weighted by Crippen LogP contribution is -2.45. The zero-order chi connectivity index (χ0) is 13.6. The van der Waals surface area contributed by atoms with Crippen LogP contribution < -0.4 is 11.1 Å². The van der Waals surface area contributed by atoms with Gasteiger partial charge in [-0.15, -0.1) is 0 Å². The van der Waals surface area contributed by atoms with Gasteiger partial charge in [0.2, 0.25) is 11.8 Å². The second kappa shape index (κ2) is 6.73. The second-order valence-electron chi connectivity index (χ2n) is 5.35. The van der Waals surface area contributed by atoms with Crippen LogP contribution in [0.25, 0.3) is 0 Å². The van der Waals surface area contributed by atoms with Crippen molar-refractivity contribution in [2.45, 2.75) is 51.0 Å². The number of hydrogen-bond acceptors (Lipinski definition) is 3. The molecule has 0 saturated heterocycles. The Morgan fingerprint density at radius 3 is 2.50 bits per heavy atom. The summed E-state index contributed by atoms with van der Waals surface area (Å²) in [6.45, 7) is 2.77. The monoisotopic (exact) mass is 255 g/mol. The first-order chi connectivity index (χ1) is 8.47. The third kappa shape index (κ3) is 4.64. The Kier molecular flexibility index (Phi) is 5.59. The zero-order valence-corrected chi connectivity index (χ0v) is 11.5. The van der Waals surface area contributed by atoms with Gasteiger partial charge in [-0.3, -0.25) is 9.59 Å². The summed E-state index contributed by atoms with van der Waals surface area (Å²) in [7, 11) is 1.66. The van der Waals surface area contributed by atoms with Gasteiger partial charge in [0.05, 0.1) is 6.54 Å². The molecule has 1 aliphatic rings. The van der Waals surface area contributed by atoms with E-state index in [9.17, 15) is 9.59 Å². The van der Waals surface area contributed by atoms with Crippen LogP contribution in [0.3, 0.4) is 0 Å². The molecule has 0 unspecified atom stereocenters. The number of hydrogen-bond donors (Lipinski definition) is 2. The van der Waals surface area contributed by atoms with Crippen molar-refractivity contribution in [1.29, 1.82) is 0 Å². The van der Waals surface area contributed by atoms with Gasteiger partial charge in [-0.2, -0.15) is 0 Å². The Hall–Kier alpha value is -1.10. The van der Waals surface area contributed by atoms with Crippen molar-refractivity contribution >= 4 is 11.8 Å². The van der Waals surface area contributed by atoms with Gasteiger partial charge in [0, 0.05) is 25.6 Å². The van der Waals surface area contributed by atoms with Gasteiger partial charge in [0.1, 0.15) is 0 Å². The van der Waals surface area contributed by atoms with Gasteiger partial charge in [-0.1, -0.05) is 19.8 Å². The van der Waals surface area contributed by atoms with Crippen molar-refractivity contribution in [3.63, 3.8) is 0 Å². The lowest BCUT2D eigenvalue weighted by Gasteiger charge is -2.26. The van der Waals surface area contributed by atoms with Crippen LogP contribution in [0.2, 0.25) is 0 Å². The quantitative estimate of drug-likeness (QED) is 0.731. The van der Waals surface area contributed by atoms with Crippen molar-refractivity contribution in [1.82, 2.24) is 10.2 Å². The van der Waals surface area contributed by atoms with Crippen molar-refractivity contribution < 1.29 is 9.59 Å². The SMILES string of the molecule is CCCNC(=O)CN(C)C(=O)CC1(N)CCCC1. The van der Waals surface area contributed by atoms with Gasteiger partial charge in [0.25, 0.3) is 0 Å². The maximum atomic E-state index is 12.0. The normalized spacial score (nSPS) is 17.5. The fraction of sp³-hybridized carbons (Fsp3) is 0.846. The molecule has 104 valence electrons. The summed E-state index contributed by atoms with van der Waals surface area (Å²) in [5, 5.41) is 2.76. The van der Waals surface area contributed by atoms with Crippen LogP contribution in [0.4, 0.5) is 0 Å². The van der Waals surface area contributed by atoms with Crippen LogP contribution in [0.5, 0.6) is 0 Å².